The van der Waals surface area contributed by atoms with Gasteiger partial charge in [0.25, 0.3) is 0 Å². The van der Waals surface area contributed by atoms with Gasteiger partial charge in [0.1, 0.15) is 5.75 Å². The van der Waals surface area contributed by atoms with E-state index in [9.17, 15) is 13.2 Å². The van der Waals surface area contributed by atoms with E-state index in [-0.39, 0.29) is 6.29 Å². The zero-order valence-electron chi connectivity index (χ0n) is 11.6. The Balaban J connectivity index is 2.41. The van der Waals surface area contributed by atoms with Crippen LogP contribution in [0, 0.1) is 0 Å². The summed E-state index contributed by atoms with van der Waals surface area (Å²) in [7, 11) is 0. The number of halogens is 3. The molecule has 3 nitrogen and oxygen atoms in total. The maximum atomic E-state index is 12.4. The van der Waals surface area contributed by atoms with Crippen molar-refractivity contribution in [2.24, 2.45) is 0 Å². The third-order valence-electron chi connectivity index (χ3n) is 2.51. The van der Waals surface area contributed by atoms with Crippen LogP contribution in [0.5, 0.6) is 5.75 Å². The quantitative estimate of drug-likeness (QED) is 0.681. The summed E-state index contributed by atoms with van der Waals surface area (Å²) in [6, 6.07) is 4.61. The maximum Gasteiger partial charge on any atom is 0.416 e. The highest BCUT2D eigenvalue weighted by Gasteiger charge is 2.29. The lowest BCUT2D eigenvalue weighted by Gasteiger charge is -2.17. The summed E-state index contributed by atoms with van der Waals surface area (Å²) in [5.74, 6) is 0.393. The lowest BCUT2D eigenvalue weighted by Crippen LogP contribution is -2.20. The molecular formula is C14H19F3O3. The van der Waals surface area contributed by atoms with Crippen LogP contribution in [-0.4, -0.2) is 26.1 Å². The highest BCUT2D eigenvalue weighted by molar-refractivity contribution is 5.28. The second-order valence-corrected chi connectivity index (χ2v) is 4.00. The van der Waals surface area contributed by atoms with Crippen LogP contribution in [0.4, 0.5) is 13.2 Å². The molecule has 0 aliphatic heterocycles. The molecular weight excluding hydrogens is 273 g/mol. The first kappa shape index (κ1) is 16.8. The van der Waals surface area contributed by atoms with Crippen molar-refractivity contribution in [2.45, 2.75) is 32.7 Å². The van der Waals surface area contributed by atoms with Crippen molar-refractivity contribution in [3.63, 3.8) is 0 Å². The molecule has 0 aliphatic carbocycles. The predicted molar refractivity (Wildman–Crippen MR) is 68.6 cm³/mol. The molecule has 1 aromatic rings. The fraction of sp³-hybridized carbons (Fsp3) is 0.571. The van der Waals surface area contributed by atoms with Crippen molar-refractivity contribution in [1.29, 1.82) is 0 Å². The molecule has 6 heteroatoms. The van der Waals surface area contributed by atoms with Crippen LogP contribution in [0.3, 0.4) is 0 Å². The number of benzene rings is 1. The Hall–Kier alpha value is -1.27. The van der Waals surface area contributed by atoms with Crippen LogP contribution < -0.4 is 4.74 Å². The van der Waals surface area contributed by atoms with Gasteiger partial charge < -0.3 is 14.2 Å². The van der Waals surface area contributed by atoms with Gasteiger partial charge in [0.05, 0.1) is 12.2 Å². The normalized spacial score (nSPS) is 11.9. The second kappa shape index (κ2) is 8.11. The maximum absolute atomic E-state index is 12.4. The largest absolute Gasteiger partial charge is 0.493 e. The van der Waals surface area contributed by atoms with E-state index >= 15 is 0 Å². The zero-order valence-corrected chi connectivity index (χ0v) is 11.6. The summed E-state index contributed by atoms with van der Waals surface area (Å²) in [5.41, 5.74) is -0.689. The Labute approximate surface area is 116 Å². The molecule has 1 rings (SSSR count). The second-order valence-electron chi connectivity index (χ2n) is 4.00. The van der Waals surface area contributed by atoms with Crippen LogP contribution in [0.1, 0.15) is 25.8 Å². The van der Waals surface area contributed by atoms with E-state index in [4.69, 9.17) is 14.2 Å². The van der Waals surface area contributed by atoms with Gasteiger partial charge >= 0.3 is 6.18 Å². The number of hydrogen-bond acceptors (Lipinski definition) is 3. The van der Waals surface area contributed by atoms with Crippen molar-refractivity contribution in [3.05, 3.63) is 29.8 Å². The fourth-order valence-electron chi connectivity index (χ4n) is 1.60. The molecule has 20 heavy (non-hydrogen) atoms. The first-order valence-corrected chi connectivity index (χ1v) is 6.50. The van der Waals surface area contributed by atoms with Crippen molar-refractivity contribution < 1.29 is 27.4 Å². The molecule has 0 heterocycles. The fourth-order valence-corrected chi connectivity index (χ4v) is 1.60. The number of ether oxygens (including phenoxy) is 3. The summed E-state index contributed by atoms with van der Waals surface area (Å²) in [4.78, 5) is 0. The van der Waals surface area contributed by atoms with Gasteiger partial charge in [-0.1, -0.05) is 0 Å². The lowest BCUT2D eigenvalue weighted by molar-refractivity contribution is -0.142. The number of rotatable bonds is 8. The van der Waals surface area contributed by atoms with E-state index < -0.39 is 11.7 Å². The van der Waals surface area contributed by atoms with Crippen molar-refractivity contribution >= 4 is 0 Å². The minimum atomic E-state index is -4.33. The minimum absolute atomic E-state index is 0.316. The molecule has 0 bridgehead atoms. The SMILES string of the molecule is CCOC(CCOc1ccc(C(F)(F)F)cc1)OCC. The summed E-state index contributed by atoms with van der Waals surface area (Å²) in [6.07, 6.45) is -4.16. The molecule has 0 amide bonds. The topological polar surface area (TPSA) is 27.7 Å². The first-order valence-electron chi connectivity index (χ1n) is 6.50. The molecule has 0 fully saturated rings. The molecule has 0 saturated carbocycles. The van der Waals surface area contributed by atoms with Crippen molar-refractivity contribution in [1.82, 2.24) is 0 Å². The number of alkyl halides is 3. The van der Waals surface area contributed by atoms with E-state index in [1.165, 1.54) is 12.1 Å². The monoisotopic (exact) mass is 292 g/mol. The zero-order chi connectivity index (χ0) is 15.0. The molecule has 0 N–H and O–H groups in total. The van der Waals surface area contributed by atoms with Gasteiger partial charge in [-0.2, -0.15) is 13.2 Å². The van der Waals surface area contributed by atoms with Crippen molar-refractivity contribution in [2.75, 3.05) is 19.8 Å². The summed E-state index contributed by atoms with van der Waals surface area (Å²) in [5, 5.41) is 0. The molecule has 0 spiro atoms. The minimum Gasteiger partial charge on any atom is -0.493 e. The van der Waals surface area contributed by atoms with E-state index in [1.54, 1.807) is 0 Å². The van der Waals surface area contributed by atoms with Crippen LogP contribution in [-0.2, 0) is 15.7 Å². The third kappa shape index (κ3) is 5.79. The predicted octanol–water partition coefficient (Wildman–Crippen LogP) is 3.87. The Morgan fingerprint density at radius 1 is 1.00 bits per heavy atom. The summed E-state index contributed by atoms with van der Waals surface area (Å²) < 4.78 is 53.2. The third-order valence-corrected chi connectivity index (χ3v) is 2.51. The van der Waals surface area contributed by atoms with Crippen molar-refractivity contribution in [3.8, 4) is 5.75 Å². The Morgan fingerprint density at radius 2 is 1.55 bits per heavy atom. The highest BCUT2D eigenvalue weighted by atomic mass is 19.4. The van der Waals surface area contributed by atoms with Gasteiger partial charge in [-0.05, 0) is 38.1 Å². The van der Waals surface area contributed by atoms with Gasteiger partial charge in [-0.3, -0.25) is 0 Å². The Bertz CT molecular complexity index is 370. The van der Waals surface area contributed by atoms with Crippen LogP contribution in [0.25, 0.3) is 0 Å². The molecule has 0 aromatic heterocycles. The van der Waals surface area contributed by atoms with Gasteiger partial charge in [0.15, 0.2) is 6.29 Å². The summed E-state index contributed by atoms with van der Waals surface area (Å²) in [6.45, 7) is 5.11. The van der Waals surface area contributed by atoms with E-state index in [2.05, 4.69) is 0 Å². The highest BCUT2D eigenvalue weighted by Crippen LogP contribution is 2.30. The standard InChI is InChI=1S/C14H19F3O3/c1-3-18-13(19-4-2)9-10-20-12-7-5-11(6-8-12)14(15,16)17/h5-8,13H,3-4,9-10H2,1-2H3. The molecule has 0 unspecified atom stereocenters. The molecule has 0 aliphatic rings. The molecule has 1 aromatic carbocycles. The smallest absolute Gasteiger partial charge is 0.416 e. The van der Waals surface area contributed by atoms with Gasteiger partial charge in [0, 0.05) is 19.6 Å². The molecule has 114 valence electrons. The van der Waals surface area contributed by atoms with Crippen LogP contribution in [0.15, 0.2) is 24.3 Å². The summed E-state index contributed by atoms with van der Waals surface area (Å²) >= 11 is 0. The average molecular weight is 292 g/mol. The van der Waals surface area contributed by atoms with E-state index in [0.29, 0.717) is 32.0 Å². The van der Waals surface area contributed by atoms with Crippen LogP contribution >= 0.6 is 0 Å². The van der Waals surface area contributed by atoms with Crippen LogP contribution in [0.2, 0.25) is 0 Å². The Kier molecular flexibility index (Phi) is 6.81. The van der Waals surface area contributed by atoms with Gasteiger partial charge in [-0.15, -0.1) is 0 Å². The lowest BCUT2D eigenvalue weighted by atomic mass is 10.2. The first-order chi connectivity index (χ1) is 9.47. The number of hydrogen-bond donors (Lipinski definition) is 0. The van der Waals surface area contributed by atoms with Gasteiger partial charge in [0.2, 0.25) is 0 Å². The van der Waals surface area contributed by atoms with E-state index in [0.717, 1.165) is 12.1 Å². The molecule has 0 atom stereocenters. The van der Waals surface area contributed by atoms with Gasteiger partial charge in [-0.25, -0.2) is 0 Å². The van der Waals surface area contributed by atoms with E-state index in [1.807, 2.05) is 13.8 Å². The molecule has 0 radical (unpaired) electrons. The Morgan fingerprint density at radius 3 is 2.00 bits per heavy atom. The average Bonchev–Trinajstić information content (AvgIpc) is 2.39. The molecule has 0 saturated heterocycles.